The summed E-state index contributed by atoms with van der Waals surface area (Å²) < 4.78 is 0. The smallest absolute Gasteiger partial charge is 0.302 e. The molecule has 0 spiro atoms. The van der Waals surface area contributed by atoms with E-state index < -0.39 is 11.9 Å². The maximum atomic E-state index is 12.8. The quantitative estimate of drug-likeness (QED) is 0.385. The van der Waals surface area contributed by atoms with Crippen LogP contribution in [0.15, 0.2) is 88.3 Å². The number of anilines is 1. The second-order valence-electron chi connectivity index (χ2n) is 6.20. The van der Waals surface area contributed by atoms with E-state index in [9.17, 15) is 9.59 Å². The molecule has 0 atom stereocenters. The van der Waals surface area contributed by atoms with Gasteiger partial charge in [0.2, 0.25) is 0 Å². The molecule has 0 unspecified atom stereocenters. The number of benzene rings is 3. The van der Waals surface area contributed by atoms with Gasteiger partial charge < -0.3 is 5.32 Å². The Bertz CT molecular complexity index is 1110. The van der Waals surface area contributed by atoms with Crippen molar-refractivity contribution in [2.45, 2.75) is 9.79 Å². The number of carbonyl (C=O) groups excluding carboxylic acids is 2. The fourth-order valence-corrected chi connectivity index (χ4v) is 4.01. The van der Waals surface area contributed by atoms with Crippen LogP contribution >= 0.6 is 35.0 Å². The lowest BCUT2D eigenvalue weighted by atomic mass is 10.2. The largest absolute Gasteiger partial charge is 0.333 e. The fraction of sp³-hybridized carbons (Fsp3) is 0. The average Bonchev–Trinajstić information content (AvgIpc) is 2.99. The van der Waals surface area contributed by atoms with E-state index in [1.807, 2.05) is 48.5 Å². The number of nitrogens with zero attached hydrogens (tertiary/aromatic N) is 1. The minimum Gasteiger partial charge on any atom is -0.302 e. The Labute approximate surface area is 182 Å². The molecule has 7 heteroatoms. The van der Waals surface area contributed by atoms with E-state index in [1.165, 1.54) is 0 Å². The van der Waals surface area contributed by atoms with Gasteiger partial charge in [0.1, 0.15) is 5.70 Å². The number of nitrogens with one attached hydrogen (secondary N) is 1. The van der Waals surface area contributed by atoms with Gasteiger partial charge in [0.05, 0.1) is 5.69 Å². The van der Waals surface area contributed by atoms with E-state index in [1.54, 1.807) is 42.1 Å². The zero-order valence-electron chi connectivity index (χ0n) is 14.9. The fourth-order valence-electron chi connectivity index (χ4n) is 2.84. The summed E-state index contributed by atoms with van der Waals surface area (Å²) >= 11 is 13.4. The normalized spacial score (nSPS) is 15.1. The van der Waals surface area contributed by atoms with Crippen LogP contribution in [0.1, 0.15) is 5.56 Å². The van der Waals surface area contributed by atoms with Gasteiger partial charge in [-0.1, -0.05) is 53.2 Å². The van der Waals surface area contributed by atoms with Crippen LogP contribution in [-0.2, 0) is 4.79 Å². The predicted molar refractivity (Wildman–Crippen MR) is 117 cm³/mol. The molecule has 1 aliphatic rings. The highest BCUT2D eigenvalue weighted by atomic mass is 35.5. The summed E-state index contributed by atoms with van der Waals surface area (Å²) in [7, 11) is 0. The number of carbonyl (C=O) groups is 2. The number of halogens is 2. The van der Waals surface area contributed by atoms with Crippen molar-refractivity contribution in [1.29, 1.82) is 0 Å². The first-order valence-corrected chi connectivity index (χ1v) is 10.2. The molecule has 3 aromatic rings. The molecule has 0 aromatic heterocycles. The van der Waals surface area contributed by atoms with E-state index in [0.717, 1.165) is 20.3 Å². The second kappa shape index (κ2) is 8.33. The topological polar surface area (TPSA) is 49.4 Å². The van der Waals surface area contributed by atoms with Crippen molar-refractivity contribution in [3.8, 4) is 0 Å². The molecule has 3 amide bonds. The highest BCUT2D eigenvalue weighted by Gasteiger charge is 2.34. The predicted octanol–water partition coefficient (Wildman–Crippen LogP) is 6.24. The Morgan fingerprint density at radius 3 is 2.14 bits per heavy atom. The highest BCUT2D eigenvalue weighted by Crippen LogP contribution is 2.33. The van der Waals surface area contributed by atoms with Gasteiger partial charge >= 0.3 is 6.03 Å². The Hall–Kier alpha value is -2.73. The Balaban J connectivity index is 1.63. The number of hydrogen-bond donors (Lipinski definition) is 1. The summed E-state index contributed by atoms with van der Waals surface area (Å²) in [6.45, 7) is 0. The maximum Gasteiger partial charge on any atom is 0.333 e. The van der Waals surface area contributed by atoms with E-state index >= 15 is 0 Å². The Morgan fingerprint density at radius 1 is 0.828 bits per heavy atom. The highest BCUT2D eigenvalue weighted by molar-refractivity contribution is 7.99. The summed E-state index contributed by atoms with van der Waals surface area (Å²) in [6, 6.07) is 21.2. The first-order valence-electron chi connectivity index (χ1n) is 8.66. The number of rotatable bonds is 4. The van der Waals surface area contributed by atoms with Gasteiger partial charge in [0.25, 0.3) is 5.91 Å². The molecular weight excluding hydrogens is 427 g/mol. The molecule has 1 saturated heterocycles. The minimum absolute atomic E-state index is 0.217. The summed E-state index contributed by atoms with van der Waals surface area (Å²) in [5, 5.41) is 3.86. The van der Waals surface area contributed by atoms with Crippen molar-refractivity contribution in [2.24, 2.45) is 0 Å². The second-order valence-corrected chi connectivity index (χ2v) is 8.19. The molecule has 3 aromatic carbocycles. The first-order chi connectivity index (χ1) is 14.0. The summed E-state index contributed by atoms with van der Waals surface area (Å²) in [5.41, 5.74) is 1.51. The van der Waals surface area contributed by atoms with Crippen LogP contribution in [0.5, 0.6) is 0 Å². The zero-order valence-corrected chi connectivity index (χ0v) is 17.3. The molecule has 144 valence electrons. The van der Waals surface area contributed by atoms with Crippen molar-refractivity contribution in [2.75, 3.05) is 4.90 Å². The molecule has 4 rings (SSSR count). The molecule has 1 N–H and O–H groups in total. The first kappa shape index (κ1) is 19.6. The van der Waals surface area contributed by atoms with Crippen LogP contribution in [0.4, 0.5) is 10.5 Å². The molecule has 4 nitrogen and oxygen atoms in total. The van der Waals surface area contributed by atoms with Gasteiger partial charge in [-0.15, -0.1) is 0 Å². The third-order valence-corrected chi connectivity index (χ3v) is 5.83. The molecule has 0 saturated carbocycles. The maximum absolute atomic E-state index is 12.8. The Kier molecular flexibility index (Phi) is 5.62. The van der Waals surface area contributed by atoms with Crippen molar-refractivity contribution in [1.82, 2.24) is 5.32 Å². The zero-order chi connectivity index (χ0) is 20.4. The lowest BCUT2D eigenvalue weighted by molar-refractivity contribution is -0.113. The monoisotopic (exact) mass is 440 g/mol. The van der Waals surface area contributed by atoms with Crippen molar-refractivity contribution in [3.63, 3.8) is 0 Å². The molecule has 0 bridgehead atoms. The van der Waals surface area contributed by atoms with Gasteiger partial charge in [0.15, 0.2) is 0 Å². The standard InChI is InChI=1S/C22H14Cl2N2O2S/c23-15-5-9-17(10-6-15)26-21(27)19(25-22(26)28)13-14-3-1-2-4-20(14)29-18-11-7-16(24)8-12-18/h1-13H,(H,25,28)/b19-13-. The van der Waals surface area contributed by atoms with Crippen LogP contribution in [0, 0.1) is 0 Å². The molecule has 1 heterocycles. The minimum atomic E-state index is -0.494. The third kappa shape index (κ3) is 4.32. The van der Waals surface area contributed by atoms with Crippen LogP contribution in [0.2, 0.25) is 10.0 Å². The van der Waals surface area contributed by atoms with E-state index in [-0.39, 0.29) is 5.70 Å². The summed E-state index contributed by atoms with van der Waals surface area (Å²) in [5.74, 6) is -0.413. The molecular formula is C22H14Cl2N2O2S. The molecule has 29 heavy (non-hydrogen) atoms. The van der Waals surface area contributed by atoms with Crippen LogP contribution < -0.4 is 10.2 Å². The molecule has 1 fully saturated rings. The van der Waals surface area contributed by atoms with E-state index in [4.69, 9.17) is 23.2 Å². The SMILES string of the molecule is O=C1N/C(=C\c2ccccc2Sc2ccc(Cl)cc2)C(=O)N1c1ccc(Cl)cc1. The third-order valence-electron chi connectivity index (χ3n) is 4.22. The van der Waals surface area contributed by atoms with E-state index in [0.29, 0.717) is 15.7 Å². The molecule has 0 radical (unpaired) electrons. The van der Waals surface area contributed by atoms with Crippen LogP contribution in [0.3, 0.4) is 0 Å². The number of hydrogen-bond acceptors (Lipinski definition) is 3. The van der Waals surface area contributed by atoms with Gasteiger partial charge in [-0.3, -0.25) is 4.79 Å². The summed E-state index contributed by atoms with van der Waals surface area (Å²) in [6.07, 6.45) is 1.69. The summed E-state index contributed by atoms with van der Waals surface area (Å²) in [4.78, 5) is 28.3. The van der Waals surface area contributed by atoms with E-state index in [2.05, 4.69) is 5.32 Å². The molecule has 0 aliphatic carbocycles. The van der Waals surface area contributed by atoms with Gasteiger partial charge in [0, 0.05) is 19.8 Å². The number of urea groups is 1. The van der Waals surface area contributed by atoms with Gasteiger partial charge in [-0.25, -0.2) is 9.69 Å². The Morgan fingerprint density at radius 2 is 1.45 bits per heavy atom. The number of amides is 3. The van der Waals surface area contributed by atoms with Crippen molar-refractivity contribution < 1.29 is 9.59 Å². The lowest BCUT2D eigenvalue weighted by Gasteiger charge is -2.11. The number of imide groups is 1. The molecule has 1 aliphatic heterocycles. The lowest BCUT2D eigenvalue weighted by Crippen LogP contribution is -2.30. The van der Waals surface area contributed by atoms with Crippen LogP contribution in [-0.4, -0.2) is 11.9 Å². The van der Waals surface area contributed by atoms with Gasteiger partial charge in [-0.05, 0) is 66.2 Å². The average molecular weight is 441 g/mol. The van der Waals surface area contributed by atoms with Gasteiger partial charge in [-0.2, -0.15) is 0 Å². The van der Waals surface area contributed by atoms with Crippen molar-refractivity contribution >= 4 is 58.7 Å². The van der Waals surface area contributed by atoms with Crippen molar-refractivity contribution in [3.05, 3.63) is 94.1 Å². The van der Waals surface area contributed by atoms with Crippen LogP contribution in [0.25, 0.3) is 6.08 Å².